The van der Waals surface area contributed by atoms with Gasteiger partial charge in [-0.25, -0.2) is 10.2 Å². The van der Waals surface area contributed by atoms with Gasteiger partial charge < -0.3 is 9.47 Å². The summed E-state index contributed by atoms with van der Waals surface area (Å²) in [5, 5.41) is 4.42. The van der Waals surface area contributed by atoms with E-state index >= 15 is 0 Å². The van der Waals surface area contributed by atoms with Crippen molar-refractivity contribution in [2.75, 3.05) is 6.61 Å². The number of esters is 1. The van der Waals surface area contributed by atoms with Gasteiger partial charge in [0.2, 0.25) is 0 Å². The standard InChI is InChI=1S/C26H24BrClN2O4/c1-16(2)22-13-23(27)17(3)11-24(22)33-15-25(31)30-29-14-18-7-9-21(10-8-18)34-26(32)19-5-4-6-20(28)12-19/h4-14,16H,15H2,1-3H3,(H,30,31)/b29-14-. The number of halogens is 2. The predicted octanol–water partition coefficient (Wildman–Crippen LogP) is 6.28. The van der Waals surface area contributed by atoms with Crippen molar-refractivity contribution in [2.24, 2.45) is 5.10 Å². The third-order valence-corrected chi connectivity index (χ3v) is 5.92. The smallest absolute Gasteiger partial charge is 0.343 e. The van der Waals surface area contributed by atoms with Crippen LogP contribution < -0.4 is 14.9 Å². The van der Waals surface area contributed by atoms with E-state index in [4.69, 9.17) is 21.1 Å². The maximum atomic E-state index is 12.2. The van der Waals surface area contributed by atoms with Crippen molar-refractivity contribution in [2.45, 2.75) is 26.7 Å². The fourth-order valence-electron chi connectivity index (χ4n) is 3.00. The van der Waals surface area contributed by atoms with Gasteiger partial charge in [0.1, 0.15) is 11.5 Å². The molecule has 8 heteroatoms. The summed E-state index contributed by atoms with van der Waals surface area (Å²) in [6.45, 7) is 5.95. The largest absolute Gasteiger partial charge is 0.483 e. The summed E-state index contributed by atoms with van der Waals surface area (Å²) in [5.74, 6) is 0.431. The van der Waals surface area contributed by atoms with Crippen LogP contribution in [0, 0.1) is 6.92 Å². The molecule has 3 aromatic carbocycles. The fraction of sp³-hybridized carbons (Fsp3) is 0.192. The molecule has 1 amide bonds. The molecule has 0 unspecified atom stereocenters. The molecule has 0 atom stereocenters. The first-order chi connectivity index (χ1) is 16.2. The summed E-state index contributed by atoms with van der Waals surface area (Å²) in [6, 6.07) is 17.2. The maximum absolute atomic E-state index is 12.2. The van der Waals surface area contributed by atoms with Gasteiger partial charge in [0, 0.05) is 9.50 Å². The Morgan fingerprint density at radius 3 is 2.53 bits per heavy atom. The van der Waals surface area contributed by atoms with Crippen molar-refractivity contribution >= 4 is 45.6 Å². The molecule has 6 nitrogen and oxygen atoms in total. The minimum Gasteiger partial charge on any atom is -0.483 e. The third-order valence-electron chi connectivity index (χ3n) is 4.83. The van der Waals surface area contributed by atoms with Crippen molar-refractivity contribution in [3.8, 4) is 11.5 Å². The molecule has 0 fully saturated rings. The van der Waals surface area contributed by atoms with Crippen LogP contribution in [0.2, 0.25) is 5.02 Å². The first-order valence-corrected chi connectivity index (χ1v) is 11.7. The molecule has 176 valence electrons. The lowest BCUT2D eigenvalue weighted by Gasteiger charge is -2.15. The number of carbonyl (C=O) groups is 2. The van der Waals surface area contributed by atoms with E-state index in [-0.39, 0.29) is 18.4 Å². The summed E-state index contributed by atoms with van der Waals surface area (Å²) in [7, 11) is 0. The summed E-state index contributed by atoms with van der Waals surface area (Å²) in [4.78, 5) is 24.3. The zero-order valence-electron chi connectivity index (χ0n) is 19.0. The lowest BCUT2D eigenvalue weighted by atomic mass is 10.0. The molecule has 0 aromatic heterocycles. The van der Waals surface area contributed by atoms with Gasteiger partial charge in [0.05, 0.1) is 11.8 Å². The topological polar surface area (TPSA) is 77.0 Å². The number of hydrogen-bond acceptors (Lipinski definition) is 5. The zero-order chi connectivity index (χ0) is 24.7. The summed E-state index contributed by atoms with van der Waals surface area (Å²) in [5.41, 5.74) is 5.57. The number of hydrazone groups is 1. The van der Waals surface area contributed by atoms with E-state index in [0.717, 1.165) is 21.2 Å². The van der Waals surface area contributed by atoms with Crippen molar-refractivity contribution in [1.29, 1.82) is 0 Å². The number of nitrogens with one attached hydrogen (secondary N) is 1. The van der Waals surface area contributed by atoms with Gasteiger partial charge >= 0.3 is 5.97 Å². The molecule has 0 aliphatic rings. The normalized spacial score (nSPS) is 11.0. The lowest BCUT2D eigenvalue weighted by Crippen LogP contribution is -2.25. The van der Waals surface area contributed by atoms with Gasteiger partial charge in [-0.2, -0.15) is 5.10 Å². The van der Waals surface area contributed by atoms with Crippen LogP contribution in [0.4, 0.5) is 0 Å². The molecule has 34 heavy (non-hydrogen) atoms. The Bertz CT molecular complexity index is 1210. The first kappa shape index (κ1) is 25.5. The molecule has 0 heterocycles. The average Bonchev–Trinajstić information content (AvgIpc) is 2.80. The van der Waals surface area contributed by atoms with Gasteiger partial charge in [-0.1, -0.05) is 47.4 Å². The number of ether oxygens (including phenoxy) is 2. The van der Waals surface area contributed by atoms with E-state index in [1.165, 1.54) is 6.21 Å². The van der Waals surface area contributed by atoms with Crippen molar-refractivity contribution < 1.29 is 19.1 Å². The minimum atomic E-state index is -0.502. The van der Waals surface area contributed by atoms with E-state index < -0.39 is 5.97 Å². The van der Waals surface area contributed by atoms with Crippen molar-refractivity contribution in [3.63, 3.8) is 0 Å². The number of carbonyl (C=O) groups excluding carboxylic acids is 2. The van der Waals surface area contributed by atoms with Crippen LogP contribution in [-0.4, -0.2) is 24.7 Å². The second-order valence-corrected chi connectivity index (χ2v) is 9.14. The molecular weight excluding hydrogens is 520 g/mol. The monoisotopic (exact) mass is 542 g/mol. The Kier molecular flexibility index (Phi) is 8.85. The highest BCUT2D eigenvalue weighted by Crippen LogP contribution is 2.32. The van der Waals surface area contributed by atoms with Gasteiger partial charge in [0.15, 0.2) is 6.61 Å². The summed E-state index contributed by atoms with van der Waals surface area (Å²) in [6.07, 6.45) is 1.49. The Morgan fingerprint density at radius 1 is 1.12 bits per heavy atom. The number of nitrogens with zero attached hydrogens (tertiary/aromatic N) is 1. The van der Waals surface area contributed by atoms with Crippen LogP contribution in [0.25, 0.3) is 0 Å². The van der Waals surface area contributed by atoms with Gasteiger partial charge in [0.25, 0.3) is 5.91 Å². The molecule has 1 N–H and O–H groups in total. The first-order valence-electron chi connectivity index (χ1n) is 10.6. The molecule has 0 spiro atoms. The van der Waals surface area contributed by atoms with Crippen LogP contribution in [0.3, 0.4) is 0 Å². The van der Waals surface area contributed by atoms with Crippen molar-refractivity contribution in [1.82, 2.24) is 5.43 Å². The molecular formula is C26H24BrClN2O4. The predicted molar refractivity (Wildman–Crippen MR) is 137 cm³/mol. The van der Waals surface area contributed by atoms with Crippen LogP contribution in [-0.2, 0) is 4.79 Å². The number of hydrogen-bond donors (Lipinski definition) is 1. The van der Waals surface area contributed by atoms with Crippen LogP contribution in [0.5, 0.6) is 11.5 Å². The molecule has 0 bridgehead atoms. The van der Waals surface area contributed by atoms with Crippen LogP contribution >= 0.6 is 27.5 Å². The number of aryl methyl sites for hydroxylation is 1. The van der Waals surface area contributed by atoms with Gasteiger partial charge in [-0.3, -0.25) is 4.79 Å². The number of rotatable bonds is 8. The average molecular weight is 544 g/mol. The van der Waals surface area contributed by atoms with Gasteiger partial charge in [-0.15, -0.1) is 0 Å². The summed E-state index contributed by atoms with van der Waals surface area (Å²) >= 11 is 9.43. The quantitative estimate of drug-likeness (QED) is 0.157. The Labute approximate surface area is 212 Å². The number of amides is 1. The molecule has 0 aliphatic carbocycles. The summed E-state index contributed by atoms with van der Waals surface area (Å²) < 4.78 is 12.1. The molecule has 3 aromatic rings. The third kappa shape index (κ3) is 7.17. The second kappa shape index (κ2) is 11.8. The highest BCUT2D eigenvalue weighted by molar-refractivity contribution is 9.10. The van der Waals surface area contributed by atoms with E-state index in [1.54, 1.807) is 48.5 Å². The molecule has 0 saturated heterocycles. The highest BCUT2D eigenvalue weighted by Gasteiger charge is 2.12. The van der Waals surface area contributed by atoms with Crippen molar-refractivity contribution in [3.05, 3.63) is 92.4 Å². The fourth-order valence-corrected chi connectivity index (χ4v) is 3.56. The molecule has 0 radical (unpaired) electrons. The second-order valence-electron chi connectivity index (χ2n) is 7.84. The van der Waals surface area contributed by atoms with E-state index in [1.807, 2.05) is 19.1 Å². The van der Waals surface area contributed by atoms with Gasteiger partial charge in [-0.05, 0) is 84.1 Å². The van der Waals surface area contributed by atoms with E-state index in [9.17, 15) is 9.59 Å². The zero-order valence-corrected chi connectivity index (χ0v) is 21.3. The van der Waals surface area contributed by atoms with Crippen LogP contribution in [0.1, 0.15) is 46.8 Å². The van der Waals surface area contributed by atoms with E-state index in [0.29, 0.717) is 22.1 Å². The lowest BCUT2D eigenvalue weighted by molar-refractivity contribution is -0.123. The SMILES string of the molecule is Cc1cc(OCC(=O)N/N=C\c2ccc(OC(=O)c3cccc(Cl)c3)cc2)c(C(C)C)cc1Br. The Hall–Kier alpha value is -3.16. The molecule has 0 aliphatic heterocycles. The van der Waals surface area contributed by atoms with Crippen LogP contribution in [0.15, 0.2) is 70.2 Å². The van der Waals surface area contributed by atoms with E-state index in [2.05, 4.69) is 40.3 Å². The highest BCUT2D eigenvalue weighted by atomic mass is 79.9. The molecule has 3 rings (SSSR count). The maximum Gasteiger partial charge on any atom is 0.343 e. The Morgan fingerprint density at radius 2 is 1.85 bits per heavy atom. The number of benzene rings is 3. The minimum absolute atomic E-state index is 0.156. The molecule has 0 saturated carbocycles. The Balaban J connectivity index is 1.51.